The van der Waals surface area contributed by atoms with Crippen molar-refractivity contribution < 1.29 is 23.5 Å². The Bertz CT molecular complexity index is 1210. The number of carbonyl (C=O) groups excluding carboxylic acids is 3. The molecule has 2 aromatic carbocycles. The first-order valence-electron chi connectivity index (χ1n) is 10.1. The summed E-state index contributed by atoms with van der Waals surface area (Å²) in [4.78, 5) is 38.7. The Morgan fingerprint density at radius 2 is 1.88 bits per heavy atom. The van der Waals surface area contributed by atoms with Gasteiger partial charge in [0.1, 0.15) is 11.5 Å². The molecule has 7 heteroatoms. The van der Waals surface area contributed by atoms with E-state index in [9.17, 15) is 14.4 Å². The third-order valence-corrected chi connectivity index (χ3v) is 5.80. The molecule has 0 bridgehead atoms. The fourth-order valence-electron chi connectivity index (χ4n) is 3.24. The molecule has 6 nitrogen and oxygen atoms in total. The van der Waals surface area contributed by atoms with Gasteiger partial charge in [-0.15, -0.1) is 0 Å². The van der Waals surface area contributed by atoms with Crippen LogP contribution in [0.2, 0.25) is 0 Å². The highest BCUT2D eigenvalue weighted by atomic mass is 32.2. The lowest BCUT2D eigenvalue weighted by Gasteiger charge is -2.12. The van der Waals surface area contributed by atoms with Gasteiger partial charge in [0.05, 0.1) is 23.6 Å². The Balaban J connectivity index is 1.51. The molecule has 0 spiro atoms. The summed E-state index contributed by atoms with van der Waals surface area (Å²) in [6.07, 6.45) is 1.57. The summed E-state index contributed by atoms with van der Waals surface area (Å²) >= 11 is 0.893. The standard InChI is InChI=1S/C25H21NO5S/c1-3-30-24(28)19-6-4-5-18(13-19)21-12-11-20(31-21)14-22-23(27)26(25(29)32-22)15-17-9-7-16(2)8-10-17/h4-14H,3,15H2,1-2H3/b22-14-. The topological polar surface area (TPSA) is 76.8 Å². The van der Waals surface area contributed by atoms with Gasteiger partial charge in [0.25, 0.3) is 11.1 Å². The van der Waals surface area contributed by atoms with Crippen LogP contribution in [-0.2, 0) is 16.1 Å². The smallest absolute Gasteiger partial charge is 0.338 e. The average Bonchev–Trinajstić information content (AvgIpc) is 3.36. The first kappa shape index (κ1) is 21.6. The quantitative estimate of drug-likeness (QED) is 0.358. The third kappa shape index (κ3) is 4.68. The summed E-state index contributed by atoms with van der Waals surface area (Å²) in [5.74, 6) is 0.245. The number of nitrogens with zero attached hydrogens (tertiary/aromatic N) is 1. The van der Waals surface area contributed by atoms with Crippen LogP contribution >= 0.6 is 11.8 Å². The van der Waals surface area contributed by atoms with Crippen LogP contribution in [0.5, 0.6) is 0 Å². The van der Waals surface area contributed by atoms with Crippen LogP contribution in [0, 0.1) is 6.92 Å². The molecule has 3 aromatic rings. The van der Waals surface area contributed by atoms with Crippen molar-refractivity contribution in [2.75, 3.05) is 6.61 Å². The number of imide groups is 1. The molecule has 4 rings (SSSR count). The number of esters is 1. The minimum absolute atomic E-state index is 0.229. The van der Waals surface area contributed by atoms with E-state index in [-0.39, 0.29) is 17.7 Å². The first-order chi connectivity index (χ1) is 15.4. The molecule has 0 radical (unpaired) electrons. The van der Waals surface area contributed by atoms with Crippen molar-refractivity contribution in [2.24, 2.45) is 0 Å². The van der Waals surface area contributed by atoms with E-state index in [0.717, 1.165) is 22.9 Å². The van der Waals surface area contributed by atoms with E-state index in [4.69, 9.17) is 9.15 Å². The van der Waals surface area contributed by atoms with Crippen molar-refractivity contribution in [3.63, 3.8) is 0 Å². The van der Waals surface area contributed by atoms with Gasteiger partial charge in [-0.1, -0.05) is 42.0 Å². The van der Waals surface area contributed by atoms with Gasteiger partial charge in [-0.2, -0.15) is 0 Å². The number of rotatable bonds is 6. The number of furan rings is 1. The largest absolute Gasteiger partial charge is 0.462 e. The van der Waals surface area contributed by atoms with Crippen molar-refractivity contribution >= 4 is 35.0 Å². The number of amides is 2. The lowest BCUT2D eigenvalue weighted by molar-refractivity contribution is -0.123. The highest BCUT2D eigenvalue weighted by Crippen LogP contribution is 2.34. The zero-order chi connectivity index (χ0) is 22.7. The molecule has 0 aliphatic carbocycles. The van der Waals surface area contributed by atoms with Crippen LogP contribution in [0.15, 0.2) is 70.0 Å². The molecule has 162 valence electrons. The van der Waals surface area contributed by atoms with Gasteiger partial charge in [-0.25, -0.2) is 4.79 Å². The van der Waals surface area contributed by atoms with Crippen molar-refractivity contribution in [3.05, 3.63) is 88.0 Å². The third-order valence-electron chi connectivity index (χ3n) is 4.89. The molecule has 1 aromatic heterocycles. The molecule has 1 fully saturated rings. The zero-order valence-corrected chi connectivity index (χ0v) is 18.5. The molecule has 1 aliphatic heterocycles. The van der Waals surface area contributed by atoms with E-state index in [0.29, 0.717) is 34.2 Å². The number of aryl methyl sites for hydroxylation is 1. The Hall–Kier alpha value is -3.58. The second-order valence-electron chi connectivity index (χ2n) is 7.26. The SMILES string of the molecule is CCOC(=O)c1cccc(-c2ccc(/C=C3\SC(=O)N(Cc4ccc(C)cc4)C3=O)o2)c1. The highest BCUT2D eigenvalue weighted by molar-refractivity contribution is 8.18. The van der Waals surface area contributed by atoms with Crippen LogP contribution in [0.4, 0.5) is 4.79 Å². The van der Waals surface area contributed by atoms with Crippen molar-refractivity contribution in [2.45, 2.75) is 20.4 Å². The van der Waals surface area contributed by atoms with Crippen LogP contribution in [0.3, 0.4) is 0 Å². The molecular weight excluding hydrogens is 426 g/mol. The van der Waals surface area contributed by atoms with Crippen molar-refractivity contribution in [3.8, 4) is 11.3 Å². The fraction of sp³-hybridized carbons (Fsp3) is 0.160. The van der Waals surface area contributed by atoms with Crippen LogP contribution in [-0.4, -0.2) is 28.6 Å². The lowest BCUT2D eigenvalue weighted by atomic mass is 10.1. The predicted molar refractivity (Wildman–Crippen MR) is 123 cm³/mol. The Labute approximate surface area is 189 Å². The van der Waals surface area contributed by atoms with Gasteiger partial charge in [0, 0.05) is 11.6 Å². The number of hydrogen-bond acceptors (Lipinski definition) is 6. The van der Waals surface area contributed by atoms with E-state index in [2.05, 4.69) is 0 Å². The minimum atomic E-state index is -0.400. The average molecular weight is 448 g/mol. The summed E-state index contributed by atoms with van der Waals surface area (Å²) in [5, 5.41) is -0.309. The molecule has 0 saturated carbocycles. The monoisotopic (exact) mass is 447 g/mol. The van der Waals surface area contributed by atoms with Gasteiger partial charge in [0.2, 0.25) is 0 Å². The molecule has 2 heterocycles. The maximum Gasteiger partial charge on any atom is 0.338 e. The van der Waals surface area contributed by atoms with Crippen molar-refractivity contribution in [1.29, 1.82) is 0 Å². The van der Waals surface area contributed by atoms with E-state index in [1.165, 1.54) is 4.90 Å². The Morgan fingerprint density at radius 1 is 1.09 bits per heavy atom. The predicted octanol–water partition coefficient (Wildman–Crippen LogP) is 5.67. The van der Waals surface area contributed by atoms with Gasteiger partial charge in [-0.05, 0) is 55.4 Å². The minimum Gasteiger partial charge on any atom is -0.462 e. The number of hydrogen-bond donors (Lipinski definition) is 0. The van der Waals surface area contributed by atoms with Crippen LogP contribution in [0.1, 0.15) is 34.2 Å². The Morgan fingerprint density at radius 3 is 2.62 bits per heavy atom. The van der Waals surface area contributed by atoms with Gasteiger partial charge in [-0.3, -0.25) is 14.5 Å². The van der Waals surface area contributed by atoms with Crippen LogP contribution in [0.25, 0.3) is 17.4 Å². The molecule has 0 N–H and O–H groups in total. The van der Waals surface area contributed by atoms with Gasteiger partial charge in [0.15, 0.2) is 0 Å². The molecule has 2 amide bonds. The lowest BCUT2D eigenvalue weighted by Crippen LogP contribution is -2.27. The molecular formula is C25H21NO5S. The second-order valence-corrected chi connectivity index (χ2v) is 8.25. The van der Waals surface area contributed by atoms with Crippen molar-refractivity contribution in [1.82, 2.24) is 4.90 Å². The summed E-state index contributed by atoms with van der Waals surface area (Å²) < 4.78 is 10.9. The van der Waals surface area contributed by atoms with E-state index < -0.39 is 5.97 Å². The molecule has 32 heavy (non-hydrogen) atoms. The normalized spacial score (nSPS) is 14.9. The Kier molecular flexibility index (Phi) is 6.28. The van der Waals surface area contributed by atoms with E-state index >= 15 is 0 Å². The maximum absolute atomic E-state index is 12.8. The zero-order valence-electron chi connectivity index (χ0n) is 17.7. The maximum atomic E-state index is 12.8. The van der Waals surface area contributed by atoms with Gasteiger partial charge >= 0.3 is 5.97 Å². The molecule has 0 unspecified atom stereocenters. The number of carbonyl (C=O) groups is 3. The number of thioether (sulfide) groups is 1. The second kappa shape index (κ2) is 9.28. The summed E-state index contributed by atoms with van der Waals surface area (Å²) in [5.41, 5.74) is 3.15. The van der Waals surface area contributed by atoms with E-state index in [1.54, 1.807) is 43.3 Å². The highest BCUT2D eigenvalue weighted by Gasteiger charge is 2.35. The van der Waals surface area contributed by atoms with Gasteiger partial charge < -0.3 is 9.15 Å². The summed E-state index contributed by atoms with van der Waals surface area (Å²) in [7, 11) is 0. The first-order valence-corrected chi connectivity index (χ1v) is 10.9. The summed E-state index contributed by atoms with van der Waals surface area (Å²) in [6, 6.07) is 18.1. The molecule has 1 saturated heterocycles. The molecule has 1 aliphatic rings. The van der Waals surface area contributed by atoms with E-state index in [1.807, 2.05) is 37.3 Å². The van der Waals surface area contributed by atoms with Crippen LogP contribution < -0.4 is 0 Å². The number of ether oxygens (including phenoxy) is 1. The number of benzene rings is 2. The molecule has 0 atom stereocenters. The fourth-order valence-corrected chi connectivity index (χ4v) is 4.06. The summed E-state index contributed by atoms with van der Waals surface area (Å²) in [6.45, 7) is 4.26.